The minimum atomic E-state index is -0.618. The van der Waals surface area contributed by atoms with Crippen LogP contribution in [-0.4, -0.2) is 68.1 Å². The average Bonchev–Trinajstić information content (AvgIpc) is 3.15. The molecule has 1 aromatic carbocycles. The van der Waals surface area contributed by atoms with Crippen molar-refractivity contribution >= 4 is 12.0 Å². The lowest BCUT2D eigenvalue weighted by molar-refractivity contribution is -0.0387. The Bertz CT molecular complexity index is 925. The third-order valence-corrected chi connectivity index (χ3v) is 5.31. The molecule has 2 amide bonds. The fourth-order valence-corrected chi connectivity index (χ4v) is 3.90. The molecule has 0 unspecified atom stereocenters. The summed E-state index contributed by atoms with van der Waals surface area (Å²) in [6.45, 7) is 6.99. The first-order valence-electron chi connectivity index (χ1n) is 9.69. The number of amides is 2. The maximum absolute atomic E-state index is 14.6. The molecule has 2 fully saturated rings. The number of carbonyl (C=O) groups is 2. The van der Waals surface area contributed by atoms with Crippen molar-refractivity contribution in [3.8, 4) is 5.69 Å². The van der Waals surface area contributed by atoms with Gasteiger partial charge in [0.2, 0.25) is 0 Å². The van der Waals surface area contributed by atoms with Gasteiger partial charge in [0.15, 0.2) is 0 Å². The van der Waals surface area contributed by atoms with Gasteiger partial charge in [-0.2, -0.15) is 15.0 Å². The Hall–Kier alpha value is -2.97. The van der Waals surface area contributed by atoms with E-state index >= 15 is 0 Å². The van der Waals surface area contributed by atoms with Crippen LogP contribution in [0.15, 0.2) is 30.6 Å². The van der Waals surface area contributed by atoms with Gasteiger partial charge in [-0.05, 0) is 39.3 Å². The highest BCUT2D eigenvalue weighted by molar-refractivity contribution is 5.98. The number of nitrogens with zero attached hydrogens (tertiary/aromatic N) is 5. The van der Waals surface area contributed by atoms with Crippen molar-refractivity contribution in [2.24, 2.45) is 5.92 Å². The summed E-state index contributed by atoms with van der Waals surface area (Å²) >= 11 is 0. The van der Waals surface area contributed by atoms with Crippen LogP contribution in [-0.2, 0) is 4.74 Å². The van der Waals surface area contributed by atoms with E-state index in [0.717, 1.165) is 6.42 Å². The van der Waals surface area contributed by atoms with Crippen LogP contribution in [0.3, 0.4) is 0 Å². The molecule has 2 saturated heterocycles. The number of rotatable bonds is 2. The molecule has 9 heteroatoms. The fourth-order valence-electron chi connectivity index (χ4n) is 3.90. The van der Waals surface area contributed by atoms with Gasteiger partial charge < -0.3 is 14.5 Å². The SMILES string of the molecule is CC(C)(C)OC(=O)N1CC[C@@H]2CN(C(=O)c3c(F)cccc3-n3nccn3)[C@@H]2C1. The second-order valence-corrected chi connectivity index (χ2v) is 8.45. The minimum Gasteiger partial charge on any atom is -0.444 e. The van der Waals surface area contributed by atoms with Gasteiger partial charge in [-0.1, -0.05) is 6.07 Å². The fraction of sp³-hybridized carbons (Fsp3) is 0.500. The number of piperidine rings is 1. The summed E-state index contributed by atoms with van der Waals surface area (Å²) < 4.78 is 20.1. The highest BCUT2D eigenvalue weighted by Gasteiger charge is 2.47. The van der Waals surface area contributed by atoms with Crippen molar-refractivity contribution in [3.63, 3.8) is 0 Å². The van der Waals surface area contributed by atoms with E-state index in [9.17, 15) is 14.0 Å². The smallest absolute Gasteiger partial charge is 0.410 e. The molecule has 0 spiro atoms. The second-order valence-electron chi connectivity index (χ2n) is 8.45. The van der Waals surface area contributed by atoms with Gasteiger partial charge >= 0.3 is 6.09 Å². The molecule has 0 bridgehead atoms. The third kappa shape index (κ3) is 3.68. The van der Waals surface area contributed by atoms with Crippen molar-refractivity contribution in [1.82, 2.24) is 24.8 Å². The van der Waals surface area contributed by atoms with Crippen LogP contribution in [0, 0.1) is 11.7 Å². The Morgan fingerprint density at radius 3 is 2.59 bits per heavy atom. The Balaban J connectivity index is 1.54. The summed E-state index contributed by atoms with van der Waals surface area (Å²) in [5.74, 6) is -0.730. The molecule has 0 N–H and O–H groups in total. The van der Waals surface area contributed by atoms with Crippen LogP contribution in [0.1, 0.15) is 37.6 Å². The van der Waals surface area contributed by atoms with Gasteiger partial charge in [0.25, 0.3) is 5.91 Å². The van der Waals surface area contributed by atoms with Crippen LogP contribution in [0.4, 0.5) is 9.18 Å². The lowest BCUT2D eigenvalue weighted by Gasteiger charge is -2.53. The molecule has 2 aromatic rings. The molecule has 154 valence electrons. The molecule has 4 rings (SSSR count). The van der Waals surface area contributed by atoms with E-state index in [2.05, 4.69) is 10.2 Å². The summed E-state index contributed by atoms with van der Waals surface area (Å²) in [6.07, 6.45) is 3.35. The van der Waals surface area contributed by atoms with Crippen molar-refractivity contribution in [2.75, 3.05) is 19.6 Å². The number of hydrogen-bond donors (Lipinski definition) is 0. The Morgan fingerprint density at radius 1 is 1.17 bits per heavy atom. The molecule has 2 aliphatic rings. The van der Waals surface area contributed by atoms with E-state index in [-0.39, 0.29) is 17.7 Å². The zero-order valence-corrected chi connectivity index (χ0v) is 16.7. The quantitative estimate of drug-likeness (QED) is 0.772. The predicted octanol–water partition coefficient (Wildman–Crippen LogP) is 2.49. The molecular weight excluding hydrogens is 377 g/mol. The number of aromatic nitrogens is 3. The maximum Gasteiger partial charge on any atom is 0.410 e. The number of benzene rings is 1. The zero-order valence-electron chi connectivity index (χ0n) is 16.7. The molecule has 2 aliphatic heterocycles. The number of carbonyl (C=O) groups excluding carboxylic acids is 2. The largest absolute Gasteiger partial charge is 0.444 e. The van der Waals surface area contributed by atoms with Crippen molar-refractivity contribution in [2.45, 2.75) is 38.8 Å². The first-order chi connectivity index (χ1) is 13.7. The average molecular weight is 401 g/mol. The van der Waals surface area contributed by atoms with Crippen LogP contribution >= 0.6 is 0 Å². The van der Waals surface area contributed by atoms with Crippen LogP contribution in [0.5, 0.6) is 0 Å². The van der Waals surface area contributed by atoms with Crippen LogP contribution in [0.25, 0.3) is 5.69 Å². The van der Waals surface area contributed by atoms with Gasteiger partial charge in [-0.3, -0.25) is 4.79 Å². The Labute approximate surface area is 168 Å². The van der Waals surface area contributed by atoms with Gasteiger partial charge in [-0.15, -0.1) is 0 Å². The summed E-state index contributed by atoms with van der Waals surface area (Å²) in [5.41, 5.74) is -0.346. The summed E-state index contributed by atoms with van der Waals surface area (Å²) in [5, 5.41) is 8.05. The third-order valence-electron chi connectivity index (χ3n) is 5.31. The first-order valence-corrected chi connectivity index (χ1v) is 9.69. The topological polar surface area (TPSA) is 80.6 Å². The highest BCUT2D eigenvalue weighted by Crippen LogP contribution is 2.35. The molecular formula is C20H24FN5O3. The minimum absolute atomic E-state index is 0.0588. The van der Waals surface area contributed by atoms with E-state index in [0.29, 0.717) is 31.2 Å². The molecule has 29 heavy (non-hydrogen) atoms. The predicted molar refractivity (Wildman–Crippen MR) is 102 cm³/mol. The van der Waals surface area contributed by atoms with Gasteiger partial charge in [0.1, 0.15) is 22.7 Å². The van der Waals surface area contributed by atoms with Gasteiger partial charge in [0.05, 0.1) is 18.4 Å². The zero-order chi connectivity index (χ0) is 20.8. The standard InChI is InChI=1S/C20H24FN5O3/c1-20(2,3)29-19(28)24-10-7-13-11-25(16(13)12-24)18(27)17-14(21)5-4-6-15(17)26-22-8-9-23-26/h4-6,8-9,13,16H,7,10-12H2,1-3H3/t13-,16-/m1/s1. The molecule has 0 radical (unpaired) electrons. The number of ether oxygens (including phenoxy) is 1. The normalized spacial score (nSPS) is 21.4. The Morgan fingerprint density at radius 2 is 1.90 bits per heavy atom. The van der Waals surface area contributed by atoms with Crippen LogP contribution in [0.2, 0.25) is 0 Å². The molecule has 0 aliphatic carbocycles. The molecule has 0 saturated carbocycles. The van der Waals surface area contributed by atoms with Gasteiger partial charge in [-0.25, -0.2) is 9.18 Å². The van der Waals surface area contributed by atoms with E-state index < -0.39 is 17.3 Å². The first kappa shape index (κ1) is 19.4. The monoisotopic (exact) mass is 401 g/mol. The summed E-state index contributed by atoms with van der Waals surface area (Å²) in [7, 11) is 0. The molecule has 3 heterocycles. The van der Waals surface area contributed by atoms with Crippen molar-refractivity contribution in [1.29, 1.82) is 0 Å². The lowest BCUT2D eigenvalue weighted by atomic mass is 9.82. The summed E-state index contributed by atoms with van der Waals surface area (Å²) in [4.78, 5) is 30.1. The number of hydrogen-bond acceptors (Lipinski definition) is 5. The van der Waals surface area contributed by atoms with Crippen molar-refractivity contribution < 1.29 is 18.7 Å². The van der Waals surface area contributed by atoms with Crippen LogP contribution < -0.4 is 0 Å². The lowest BCUT2D eigenvalue weighted by Crippen LogP contribution is -2.66. The van der Waals surface area contributed by atoms with E-state index in [1.807, 2.05) is 20.8 Å². The second kappa shape index (κ2) is 7.13. The van der Waals surface area contributed by atoms with Crippen molar-refractivity contribution in [3.05, 3.63) is 42.0 Å². The maximum atomic E-state index is 14.6. The van der Waals surface area contributed by atoms with E-state index in [1.165, 1.54) is 29.3 Å². The highest BCUT2D eigenvalue weighted by atomic mass is 19.1. The molecule has 8 nitrogen and oxygen atoms in total. The van der Waals surface area contributed by atoms with Gasteiger partial charge in [0, 0.05) is 25.6 Å². The molecule has 1 aromatic heterocycles. The summed E-state index contributed by atoms with van der Waals surface area (Å²) in [6, 6.07) is 4.24. The number of likely N-dealkylation sites (tertiary alicyclic amines) is 2. The van der Waals surface area contributed by atoms with E-state index in [1.54, 1.807) is 15.9 Å². The number of halogens is 1. The Kier molecular flexibility index (Phi) is 4.76. The number of fused-ring (bicyclic) bond motifs is 1. The van der Waals surface area contributed by atoms with E-state index in [4.69, 9.17) is 4.74 Å². The molecule has 2 atom stereocenters.